The minimum Gasteiger partial charge on any atom is -0.383 e. The highest BCUT2D eigenvalue weighted by atomic mass is 79.9. The monoisotopic (exact) mass is 324 g/mol. The molecule has 0 amide bonds. The van der Waals surface area contributed by atoms with Gasteiger partial charge in [0.25, 0.3) is 0 Å². The van der Waals surface area contributed by atoms with Gasteiger partial charge >= 0.3 is 0 Å². The van der Waals surface area contributed by atoms with Crippen molar-refractivity contribution >= 4 is 15.9 Å². The SMILES string of the molecule is COCCn1c(CN)nnc1-c1cc(Br)ccc1C. The molecule has 1 aromatic carbocycles. The first-order valence-electron chi connectivity index (χ1n) is 6.05. The maximum atomic E-state index is 5.71. The normalized spacial score (nSPS) is 10.9. The highest BCUT2D eigenvalue weighted by Crippen LogP contribution is 2.26. The lowest BCUT2D eigenvalue weighted by molar-refractivity contribution is 0.186. The Hall–Kier alpha value is -1.24. The second-order valence-corrected chi connectivity index (χ2v) is 5.16. The highest BCUT2D eigenvalue weighted by molar-refractivity contribution is 9.10. The van der Waals surface area contributed by atoms with Gasteiger partial charge < -0.3 is 15.0 Å². The van der Waals surface area contributed by atoms with E-state index in [4.69, 9.17) is 10.5 Å². The molecule has 0 fully saturated rings. The molecule has 19 heavy (non-hydrogen) atoms. The van der Waals surface area contributed by atoms with Crippen molar-refractivity contribution in [2.45, 2.75) is 20.0 Å². The third-order valence-electron chi connectivity index (χ3n) is 2.97. The van der Waals surface area contributed by atoms with Crippen LogP contribution in [0.15, 0.2) is 22.7 Å². The van der Waals surface area contributed by atoms with E-state index in [1.54, 1.807) is 7.11 Å². The van der Waals surface area contributed by atoms with Crippen molar-refractivity contribution in [1.82, 2.24) is 14.8 Å². The molecule has 0 atom stereocenters. The molecule has 0 saturated heterocycles. The summed E-state index contributed by atoms with van der Waals surface area (Å²) in [5, 5.41) is 8.42. The Morgan fingerprint density at radius 3 is 2.84 bits per heavy atom. The van der Waals surface area contributed by atoms with Gasteiger partial charge in [-0.3, -0.25) is 0 Å². The second kappa shape index (κ2) is 6.27. The van der Waals surface area contributed by atoms with E-state index in [9.17, 15) is 0 Å². The number of halogens is 1. The van der Waals surface area contributed by atoms with Crippen LogP contribution in [-0.4, -0.2) is 28.5 Å². The zero-order chi connectivity index (χ0) is 13.8. The van der Waals surface area contributed by atoms with E-state index in [0.717, 1.165) is 27.2 Å². The van der Waals surface area contributed by atoms with Crippen molar-refractivity contribution in [3.8, 4) is 11.4 Å². The van der Waals surface area contributed by atoms with Crippen molar-refractivity contribution < 1.29 is 4.74 Å². The number of benzene rings is 1. The van der Waals surface area contributed by atoms with Gasteiger partial charge in [-0.1, -0.05) is 22.0 Å². The molecule has 0 aliphatic carbocycles. The zero-order valence-electron chi connectivity index (χ0n) is 11.1. The number of aryl methyl sites for hydroxylation is 1. The Balaban J connectivity index is 2.49. The van der Waals surface area contributed by atoms with Crippen molar-refractivity contribution in [1.29, 1.82) is 0 Å². The Labute approximate surface area is 120 Å². The summed E-state index contributed by atoms with van der Waals surface area (Å²) in [5.74, 6) is 1.60. The number of methoxy groups -OCH3 is 1. The number of nitrogens with zero attached hydrogens (tertiary/aromatic N) is 3. The molecule has 0 radical (unpaired) electrons. The first-order chi connectivity index (χ1) is 9.17. The van der Waals surface area contributed by atoms with Crippen LogP contribution in [0.5, 0.6) is 0 Å². The third-order valence-corrected chi connectivity index (χ3v) is 3.46. The fourth-order valence-electron chi connectivity index (χ4n) is 1.94. The Morgan fingerprint density at radius 2 is 2.16 bits per heavy atom. The van der Waals surface area contributed by atoms with Gasteiger partial charge in [-0.25, -0.2) is 0 Å². The third kappa shape index (κ3) is 3.02. The van der Waals surface area contributed by atoms with Gasteiger partial charge in [-0.15, -0.1) is 10.2 Å². The fourth-order valence-corrected chi connectivity index (χ4v) is 2.30. The average Bonchev–Trinajstić information content (AvgIpc) is 2.81. The molecule has 0 aliphatic heterocycles. The number of ether oxygens (including phenoxy) is 1. The van der Waals surface area contributed by atoms with E-state index in [1.807, 2.05) is 16.7 Å². The van der Waals surface area contributed by atoms with Crippen molar-refractivity contribution in [3.63, 3.8) is 0 Å². The number of hydrogen-bond donors (Lipinski definition) is 1. The van der Waals surface area contributed by atoms with Crippen LogP contribution in [0.4, 0.5) is 0 Å². The summed E-state index contributed by atoms with van der Waals surface area (Å²) in [6.07, 6.45) is 0. The summed E-state index contributed by atoms with van der Waals surface area (Å²) in [7, 11) is 1.68. The van der Waals surface area contributed by atoms with Crippen molar-refractivity contribution in [2.24, 2.45) is 5.73 Å². The number of hydrogen-bond acceptors (Lipinski definition) is 4. The molecule has 2 N–H and O–H groups in total. The van der Waals surface area contributed by atoms with Gasteiger partial charge in [0.1, 0.15) is 5.82 Å². The Kier molecular flexibility index (Phi) is 4.68. The van der Waals surface area contributed by atoms with Crippen molar-refractivity contribution in [3.05, 3.63) is 34.1 Å². The minimum atomic E-state index is 0.365. The molecule has 102 valence electrons. The Morgan fingerprint density at radius 1 is 1.37 bits per heavy atom. The predicted molar refractivity (Wildman–Crippen MR) is 77.7 cm³/mol. The van der Waals surface area contributed by atoms with Crippen LogP contribution in [0.1, 0.15) is 11.4 Å². The molecule has 2 rings (SSSR count). The molecule has 0 spiro atoms. The quantitative estimate of drug-likeness (QED) is 0.914. The summed E-state index contributed by atoms with van der Waals surface area (Å²) in [5.41, 5.74) is 7.91. The average molecular weight is 325 g/mol. The van der Waals surface area contributed by atoms with Gasteiger partial charge in [0, 0.05) is 23.7 Å². The number of nitrogens with two attached hydrogens (primary N) is 1. The van der Waals surface area contributed by atoms with E-state index in [2.05, 4.69) is 39.1 Å². The molecule has 0 unspecified atom stereocenters. The molecule has 1 aromatic heterocycles. The lowest BCUT2D eigenvalue weighted by atomic mass is 10.1. The molecule has 1 heterocycles. The van der Waals surface area contributed by atoms with E-state index in [0.29, 0.717) is 19.7 Å². The standard InChI is InChI=1S/C13H17BrN4O/c1-9-3-4-10(14)7-11(9)13-17-16-12(8-15)18(13)5-6-19-2/h3-4,7H,5-6,8,15H2,1-2H3. The van der Waals surface area contributed by atoms with E-state index >= 15 is 0 Å². The van der Waals surface area contributed by atoms with Gasteiger partial charge in [0.05, 0.1) is 13.2 Å². The lowest BCUT2D eigenvalue weighted by Gasteiger charge is -2.11. The zero-order valence-corrected chi connectivity index (χ0v) is 12.6. The molecular weight excluding hydrogens is 308 g/mol. The number of aromatic nitrogens is 3. The maximum absolute atomic E-state index is 5.71. The van der Waals surface area contributed by atoms with Crippen LogP contribution in [0.25, 0.3) is 11.4 Å². The van der Waals surface area contributed by atoms with E-state index in [-0.39, 0.29) is 0 Å². The molecule has 0 bridgehead atoms. The maximum Gasteiger partial charge on any atom is 0.164 e. The van der Waals surface area contributed by atoms with Crippen LogP contribution >= 0.6 is 15.9 Å². The fraction of sp³-hybridized carbons (Fsp3) is 0.385. The predicted octanol–water partition coefficient (Wildman–Crippen LogP) is 2.12. The van der Waals surface area contributed by atoms with Crippen LogP contribution in [0.3, 0.4) is 0 Å². The second-order valence-electron chi connectivity index (χ2n) is 4.25. The molecule has 0 saturated carbocycles. The largest absolute Gasteiger partial charge is 0.383 e. The van der Waals surface area contributed by atoms with Crippen LogP contribution < -0.4 is 5.73 Å². The van der Waals surface area contributed by atoms with Crippen LogP contribution in [-0.2, 0) is 17.8 Å². The summed E-state index contributed by atoms with van der Waals surface area (Å²) in [6, 6.07) is 6.11. The highest BCUT2D eigenvalue weighted by Gasteiger charge is 2.14. The Bertz CT molecular complexity index is 568. The first kappa shape index (κ1) is 14.2. The summed E-state index contributed by atoms with van der Waals surface area (Å²) in [6.45, 7) is 3.71. The summed E-state index contributed by atoms with van der Waals surface area (Å²) >= 11 is 3.49. The van der Waals surface area contributed by atoms with Gasteiger partial charge in [0.2, 0.25) is 0 Å². The molecule has 0 aliphatic rings. The van der Waals surface area contributed by atoms with Gasteiger partial charge in [-0.2, -0.15) is 0 Å². The van der Waals surface area contributed by atoms with E-state index < -0.39 is 0 Å². The number of rotatable bonds is 5. The molecule has 6 heteroatoms. The molecule has 2 aromatic rings. The summed E-state index contributed by atoms with van der Waals surface area (Å²) in [4.78, 5) is 0. The van der Waals surface area contributed by atoms with E-state index in [1.165, 1.54) is 0 Å². The van der Waals surface area contributed by atoms with Crippen LogP contribution in [0, 0.1) is 6.92 Å². The van der Waals surface area contributed by atoms with Gasteiger partial charge in [0.15, 0.2) is 5.82 Å². The van der Waals surface area contributed by atoms with Crippen molar-refractivity contribution in [2.75, 3.05) is 13.7 Å². The van der Waals surface area contributed by atoms with Gasteiger partial charge in [-0.05, 0) is 24.6 Å². The topological polar surface area (TPSA) is 66.0 Å². The molecule has 5 nitrogen and oxygen atoms in total. The lowest BCUT2D eigenvalue weighted by Crippen LogP contribution is -2.13. The smallest absolute Gasteiger partial charge is 0.164 e. The van der Waals surface area contributed by atoms with Crippen LogP contribution in [0.2, 0.25) is 0 Å². The minimum absolute atomic E-state index is 0.365. The molecular formula is C13H17BrN4O. The summed E-state index contributed by atoms with van der Waals surface area (Å²) < 4.78 is 8.16. The first-order valence-corrected chi connectivity index (χ1v) is 6.84.